The van der Waals surface area contributed by atoms with Crippen molar-refractivity contribution >= 4 is 6.72 Å². The Morgan fingerprint density at radius 3 is 2.91 bits per heavy atom. The Kier molecular flexibility index (Phi) is 7.41. The fourth-order valence-electron chi connectivity index (χ4n) is 0.649. The molecule has 1 atom stereocenters. The number of nitrogens with one attached hydrogen (secondary N) is 1. The average molecular weight is 158 g/mol. The maximum atomic E-state index is 5.15. The van der Waals surface area contributed by atoms with Gasteiger partial charge in [0.25, 0.3) is 0 Å². The maximum absolute atomic E-state index is 5.15. The van der Waals surface area contributed by atoms with Crippen LogP contribution in [-0.2, 0) is 4.84 Å². The standard InChI is InChI=1S/C8H18N2O/c1-4-5-6-11-10-8(2)7-9-3/h8,10H,3-7H2,1-2H3. The minimum Gasteiger partial charge on any atom is -0.301 e. The van der Waals surface area contributed by atoms with E-state index in [0.717, 1.165) is 19.4 Å². The Morgan fingerprint density at radius 2 is 2.36 bits per heavy atom. The second kappa shape index (κ2) is 7.69. The van der Waals surface area contributed by atoms with Gasteiger partial charge in [-0.3, -0.25) is 4.99 Å². The fraction of sp³-hybridized carbons (Fsp3) is 0.875. The van der Waals surface area contributed by atoms with Crippen molar-refractivity contribution in [3.8, 4) is 0 Å². The van der Waals surface area contributed by atoms with Gasteiger partial charge in [0, 0.05) is 6.04 Å². The van der Waals surface area contributed by atoms with Gasteiger partial charge in [0.1, 0.15) is 0 Å². The highest BCUT2D eigenvalue weighted by atomic mass is 16.6. The van der Waals surface area contributed by atoms with Gasteiger partial charge in [-0.15, -0.1) is 0 Å². The Labute approximate surface area is 68.8 Å². The molecule has 3 nitrogen and oxygen atoms in total. The van der Waals surface area contributed by atoms with Crippen LogP contribution in [0.3, 0.4) is 0 Å². The van der Waals surface area contributed by atoms with Crippen LogP contribution in [0.25, 0.3) is 0 Å². The second-order valence-corrected chi connectivity index (χ2v) is 2.63. The molecule has 66 valence electrons. The number of hydrogen-bond acceptors (Lipinski definition) is 3. The number of nitrogens with zero attached hydrogens (tertiary/aromatic N) is 1. The number of hydroxylamine groups is 1. The van der Waals surface area contributed by atoms with Crippen LogP contribution in [0.4, 0.5) is 0 Å². The van der Waals surface area contributed by atoms with Crippen LogP contribution in [0.1, 0.15) is 26.7 Å². The summed E-state index contributed by atoms with van der Waals surface area (Å²) in [6.07, 6.45) is 2.26. The summed E-state index contributed by atoms with van der Waals surface area (Å²) >= 11 is 0. The van der Waals surface area contributed by atoms with E-state index in [0.29, 0.717) is 6.54 Å². The van der Waals surface area contributed by atoms with Gasteiger partial charge >= 0.3 is 0 Å². The first kappa shape index (κ1) is 10.6. The van der Waals surface area contributed by atoms with Crippen molar-refractivity contribution < 1.29 is 4.84 Å². The fourth-order valence-corrected chi connectivity index (χ4v) is 0.649. The molecule has 3 heteroatoms. The highest BCUT2D eigenvalue weighted by Crippen LogP contribution is 1.87. The third kappa shape index (κ3) is 7.49. The first-order valence-corrected chi connectivity index (χ1v) is 4.11. The Hall–Kier alpha value is -0.410. The SMILES string of the molecule is C=NCC(C)NOCCCC. The lowest BCUT2D eigenvalue weighted by atomic mass is 10.4. The molecule has 11 heavy (non-hydrogen) atoms. The van der Waals surface area contributed by atoms with Gasteiger partial charge in [-0.25, -0.2) is 0 Å². The number of unbranched alkanes of at least 4 members (excludes halogenated alkanes) is 1. The van der Waals surface area contributed by atoms with Crippen molar-refractivity contribution in [2.24, 2.45) is 4.99 Å². The molecule has 0 saturated carbocycles. The smallest absolute Gasteiger partial charge is 0.0682 e. The molecule has 0 aromatic heterocycles. The molecular weight excluding hydrogens is 140 g/mol. The minimum atomic E-state index is 0.268. The van der Waals surface area contributed by atoms with Crippen LogP contribution in [0.15, 0.2) is 4.99 Å². The van der Waals surface area contributed by atoms with E-state index in [2.05, 4.69) is 24.1 Å². The molecule has 0 amide bonds. The summed E-state index contributed by atoms with van der Waals surface area (Å²) in [4.78, 5) is 8.89. The second-order valence-electron chi connectivity index (χ2n) is 2.63. The predicted octanol–water partition coefficient (Wildman–Crippen LogP) is 1.40. The van der Waals surface area contributed by atoms with E-state index < -0.39 is 0 Å². The Bertz CT molecular complexity index is 96.1. The first-order valence-electron chi connectivity index (χ1n) is 4.11. The lowest BCUT2D eigenvalue weighted by Crippen LogP contribution is -2.29. The topological polar surface area (TPSA) is 33.6 Å². The summed E-state index contributed by atoms with van der Waals surface area (Å²) in [7, 11) is 0. The van der Waals surface area contributed by atoms with E-state index in [-0.39, 0.29) is 6.04 Å². The summed E-state index contributed by atoms with van der Waals surface area (Å²) in [6, 6.07) is 0.268. The molecule has 0 rings (SSSR count). The van der Waals surface area contributed by atoms with E-state index in [1.54, 1.807) is 0 Å². The molecule has 0 aromatic carbocycles. The normalized spacial score (nSPS) is 12.9. The molecule has 0 radical (unpaired) electrons. The molecule has 0 aliphatic heterocycles. The van der Waals surface area contributed by atoms with Gasteiger partial charge in [-0.2, -0.15) is 5.48 Å². The molecule has 0 saturated heterocycles. The van der Waals surface area contributed by atoms with Gasteiger partial charge < -0.3 is 4.84 Å². The molecule has 0 aliphatic rings. The van der Waals surface area contributed by atoms with Crippen molar-refractivity contribution in [2.45, 2.75) is 32.7 Å². The molecule has 0 bridgehead atoms. The van der Waals surface area contributed by atoms with E-state index in [4.69, 9.17) is 4.84 Å². The zero-order valence-electron chi connectivity index (χ0n) is 7.47. The maximum Gasteiger partial charge on any atom is 0.0682 e. The van der Waals surface area contributed by atoms with E-state index in [1.165, 1.54) is 0 Å². The lowest BCUT2D eigenvalue weighted by Gasteiger charge is -2.10. The summed E-state index contributed by atoms with van der Waals surface area (Å²) in [5, 5.41) is 0. The van der Waals surface area contributed by atoms with Crippen LogP contribution >= 0.6 is 0 Å². The molecule has 0 aromatic rings. The van der Waals surface area contributed by atoms with Crippen LogP contribution in [0, 0.1) is 0 Å². The van der Waals surface area contributed by atoms with Gasteiger partial charge in [0.15, 0.2) is 0 Å². The molecule has 0 spiro atoms. The summed E-state index contributed by atoms with van der Waals surface area (Å²) in [5.74, 6) is 0. The highest BCUT2D eigenvalue weighted by Gasteiger charge is 1.96. The monoisotopic (exact) mass is 158 g/mol. The number of aliphatic imine (C=N–C) groups is 1. The third-order valence-corrected chi connectivity index (χ3v) is 1.29. The van der Waals surface area contributed by atoms with E-state index in [9.17, 15) is 0 Å². The van der Waals surface area contributed by atoms with Crippen LogP contribution in [-0.4, -0.2) is 25.9 Å². The van der Waals surface area contributed by atoms with Crippen molar-refractivity contribution in [3.05, 3.63) is 0 Å². The van der Waals surface area contributed by atoms with Gasteiger partial charge in [0.05, 0.1) is 13.2 Å². The molecular formula is C8H18N2O. The van der Waals surface area contributed by atoms with Gasteiger partial charge in [-0.1, -0.05) is 13.3 Å². The largest absolute Gasteiger partial charge is 0.301 e. The summed E-state index contributed by atoms with van der Waals surface area (Å²) in [5.41, 5.74) is 2.88. The average Bonchev–Trinajstić information content (AvgIpc) is 1.99. The summed E-state index contributed by atoms with van der Waals surface area (Å²) in [6.45, 7) is 9.03. The Balaban J connectivity index is 3.03. The molecule has 1 unspecified atom stereocenters. The third-order valence-electron chi connectivity index (χ3n) is 1.29. The Morgan fingerprint density at radius 1 is 1.64 bits per heavy atom. The zero-order valence-corrected chi connectivity index (χ0v) is 7.47. The van der Waals surface area contributed by atoms with E-state index >= 15 is 0 Å². The van der Waals surface area contributed by atoms with Crippen molar-refractivity contribution in [1.29, 1.82) is 0 Å². The lowest BCUT2D eigenvalue weighted by molar-refractivity contribution is 0.0205. The van der Waals surface area contributed by atoms with E-state index in [1.807, 2.05) is 6.92 Å². The summed E-state index contributed by atoms with van der Waals surface area (Å²) < 4.78 is 0. The molecule has 0 aliphatic carbocycles. The predicted molar refractivity (Wildman–Crippen MR) is 47.9 cm³/mol. The number of rotatable bonds is 7. The molecule has 0 heterocycles. The highest BCUT2D eigenvalue weighted by molar-refractivity contribution is 5.23. The van der Waals surface area contributed by atoms with Crippen LogP contribution in [0.2, 0.25) is 0 Å². The van der Waals surface area contributed by atoms with Crippen molar-refractivity contribution in [2.75, 3.05) is 13.2 Å². The molecule has 0 fully saturated rings. The van der Waals surface area contributed by atoms with Crippen molar-refractivity contribution in [1.82, 2.24) is 5.48 Å². The van der Waals surface area contributed by atoms with Gasteiger partial charge in [0.2, 0.25) is 0 Å². The zero-order chi connectivity index (χ0) is 8.53. The van der Waals surface area contributed by atoms with Crippen molar-refractivity contribution in [3.63, 3.8) is 0 Å². The minimum absolute atomic E-state index is 0.268. The van der Waals surface area contributed by atoms with Gasteiger partial charge in [-0.05, 0) is 20.1 Å². The number of hydrogen-bond donors (Lipinski definition) is 1. The van der Waals surface area contributed by atoms with Crippen LogP contribution in [0.5, 0.6) is 0 Å². The quantitative estimate of drug-likeness (QED) is 0.345. The van der Waals surface area contributed by atoms with Crippen LogP contribution < -0.4 is 5.48 Å². The molecule has 1 N–H and O–H groups in total. The first-order chi connectivity index (χ1) is 5.31.